The molecule has 0 aliphatic carbocycles. The van der Waals surface area contributed by atoms with E-state index >= 15 is 0 Å². The third-order valence-electron chi connectivity index (χ3n) is 2.79. The second kappa shape index (κ2) is 5.02. The van der Waals surface area contributed by atoms with Crippen molar-refractivity contribution in [1.29, 1.82) is 0 Å². The van der Waals surface area contributed by atoms with Gasteiger partial charge >= 0.3 is 5.97 Å². The molecule has 0 bridgehead atoms. The fourth-order valence-corrected chi connectivity index (χ4v) is 1.83. The van der Waals surface area contributed by atoms with Gasteiger partial charge in [-0.25, -0.2) is 4.79 Å². The van der Waals surface area contributed by atoms with Gasteiger partial charge in [0.25, 0.3) is 0 Å². The lowest BCUT2D eigenvalue weighted by Crippen LogP contribution is -2.01. The number of hydrogen-bond donors (Lipinski definition) is 2. The van der Waals surface area contributed by atoms with E-state index in [1.807, 2.05) is 32.0 Å². The van der Waals surface area contributed by atoms with Gasteiger partial charge < -0.3 is 15.6 Å². The smallest absolute Gasteiger partial charge is 0.339 e. The van der Waals surface area contributed by atoms with Crippen LogP contribution in [0.3, 0.4) is 0 Å². The van der Waals surface area contributed by atoms with Crippen molar-refractivity contribution in [3.8, 4) is 11.5 Å². The lowest BCUT2D eigenvalue weighted by atomic mass is 10.1. The number of carboxylic acids is 1. The summed E-state index contributed by atoms with van der Waals surface area (Å²) in [5, 5.41) is 9.13. The Morgan fingerprint density at radius 3 is 2.47 bits per heavy atom. The maximum Gasteiger partial charge on any atom is 0.339 e. The first kappa shape index (κ1) is 13.0. The zero-order valence-corrected chi connectivity index (χ0v) is 10.8. The molecule has 0 saturated heterocycles. The Bertz CT molecular complexity index is 635. The van der Waals surface area contributed by atoms with Gasteiger partial charge in [-0.15, -0.1) is 0 Å². The lowest BCUT2D eigenvalue weighted by molar-refractivity contribution is 0.0694. The summed E-state index contributed by atoms with van der Waals surface area (Å²) in [7, 11) is 0. The van der Waals surface area contributed by atoms with Crippen molar-refractivity contribution in [3.63, 3.8) is 0 Å². The van der Waals surface area contributed by atoms with E-state index < -0.39 is 5.97 Å². The molecule has 2 aromatic carbocycles. The highest BCUT2D eigenvalue weighted by molar-refractivity contribution is 5.91. The van der Waals surface area contributed by atoms with Gasteiger partial charge in [-0.1, -0.05) is 17.7 Å². The number of ether oxygens (including phenoxy) is 1. The van der Waals surface area contributed by atoms with Crippen molar-refractivity contribution in [1.82, 2.24) is 0 Å². The monoisotopic (exact) mass is 257 g/mol. The maximum absolute atomic E-state index is 11.1. The lowest BCUT2D eigenvalue weighted by Gasteiger charge is -2.12. The summed E-state index contributed by atoms with van der Waals surface area (Å²) >= 11 is 0. The third kappa shape index (κ3) is 2.85. The predicted molar refractivity (Wildman–Crippen MR) is 73.8 cm³/mol. The highest BCUT2D eigenvalue weighted by Crippen LogP contribution is 2.30. The quantitative estimate of drug-likeness (QED) is 0.827. The minimum atomic E-state index is -1.04. The topological polar surface area (TPSA) is 72.5 Å². The molecule has 19 heavy (non-hydrogen) atoms. The van der Waals surface area contributed by atoms with Crippen molar-refractivity contribution in [2.45, 2.75) is 13.8 Å². The molecule has 0 aliphatic rings. The van der Waals surface area contributed by atoms with Crippen LogP contribution in [0.2, 0.25) is 0 Å². The van der Waals surface area contributed by atoms with E-state index in [2.05, 4.69) is 0 Å². The fraction of sp³-hybridized carbons (Fsp3) is 0.133. The Hall–Kier alpha value is -2.49. The van der Waals surface area contributed by atoms with E-state index in [1.165, 1.54) is 18.2 Å². The van der Waals surface area contributed by atoms with Gasteiger partial charge in [-0.05, 0) is 37.6 Å². The van der Waals surface area contributed by atoms with Gasteiger partial charge in [0.1, 0.15) is 17.1 Å². The molecule has 0 heterocycles. The number of nitrogens with two attached hydrogens (primary N) is 1. The van der Waals surface area contributed by atoms with E-state index in [9.17, 15) is 4.79 Å². The molecule has 2 aromatic rings. The number of rotatable bonds is 3. The van der Waals surface area contributed by atoms with Gasteiger partial charge in [-0.3, -0.25) is 0 Å². The number of anilines is 1. The van der Waals surface area contributed by atoms with Crippen LogP contribution in [-0.4, -0.2) is 11.1 Å². The number of aromatic carboxylic acids is 1. The molecule has 0 fully saturated rings. The number of nitrogen functional groups attached to an aromatic ring is 1. The van der Waals surface area contributed by atoms with Crippen LogP contribution in [0.1, 0.15) is 21.5 Å². The third-order valence-corrected chi connectivity index (χ3v) is 2.79. The molecule has 4 heteroatoms. The van der Waals surface area contributed by atoms with Gasteiger partial charge in [0.05, 0.1) is 0 Å². The highest BCUT2D eigenvalue weighted by Gasteiger charge is 2.13. The molecule has 0 aromatic heterocycles. The first-order valence-corrected chi connectivity index (χ1v) is 5.85. The molecule has 0 saturated carbocycles. The van der Waals surface area contributed by atoms with Crippen LogP contribution in [0.25, 0.3) is 0 Å². The number of benzene rings is 2. The Kier molecular flexibility index (Phi) is 3.42. The summed E-state index contributed by atoms with van der Waals surface area (Å²) in [4.78, 5) is 11.1. The van der Waals surface area contributed by atoms with Crippen LogP contribution >= 0.6 is 0 Å². The first-order chi connectivity index (χ1) is 8.97. The van der Waals surface area contributed by atoms with Crippen LogP contribution < -0.4 is 10.5 Å². The van der Waals surface area contributed by atoms with Crippen molar-refractivity contribution >= 4 is 11.7 Å². The van der Waals surface area contributed by atoms with Crippen LogP contribution in [0.5, 0.6) is 11.5 Å². The summed E-state index contributed by atoms with van der Waals surface area (Å²) in [6, 6.07) is 10.2. The fourth-order valence-electron chi connectivity index (χ4n) is 1.83. The van der Waals surface area contributed by atoms with E-state index in [-0.39, 0.29) is 11.3 Å². The largest absolute Gasteiger partial charge is 0.478 e. The summed E-state index contributed by atoms with van der Waals surface area (Å²) < 4.78 is 5.68. The van der Waals surface area contributed by atoms with Gasteiger partial charge in [0.15, 0.2) is 0 Å². The number of hydrogen-bond acceptors (Lipinski definition) is 3. The molecular weight excluding hydrogens is 242 g/mol. The van der Waals surface area contributed by atoms with Gasteiger partial charge in [0, 0.05) is 11.8 Å². The molecule has 0 amide bonds. The molecule has 0 atom stereocenters. The number of aryl methyl sites for hydroxylation is 2. The van der Waals surface area contributed by atoms with Crippen molar-refractivity contribution in [3.05, 3.63) is 53.1 Å². The van der Waals surface area contributed by atoms with Gasteiger partial charge in [0.2, 0.25) is 0 Å². The Morgan fingerprint density at radius 2 is 1.84 bits per heavy atom. The average Bonchev–Trinajstić information content (AvgIpc) is 2.32. The Balaban J connectivity index is 2.42. The van der Waals surface area contributed by atoms with Crippen LogP contribution in [0.4, 0.5) is 5.69 Å². The van der Waals surface area contributed by atoms with E-state index in [4.69, 9.17) is 15.6 Å². The van der Waals surface area contributed by atoms with Crippen LogP contribution in [0.15, 0.2) is 36.4 Å². The SMILES string of the molecule is Cc1ccc(Oc2cc(N)ccc2C(=O)O)c(C)c1. The van der Waals surface area contributed by atoms with E-state index in [0.29, 0.717) is 11.4 Å². The average molecular weight is 257 g/mol. The highest BCUT2D eigenvalue weighted by atomic mass is 16.5. The second-order valence-corrected chi connectivity index (χ2v) is 4.43. The molecule has 0 spiro atoms. The van der Waals surface area contributed by atoms with Crippen LogP contribution in [-0.2, 0) is 0 Å². The number of carboxylic acid groups (broad SMARTS) is 1. The van der Waals surface area contributed by atoms with Gasteiger partial charge in [-0.2, -0.15) is 0 Å². The molecular formula is C15H15NO3. The molecule has 0 radical (unpaired) electrons. The van der Waals surface area contributed by atoms with Crippen molar-refractivity contribution in [2.75, 3.05) is 5.73 Å². The minimum Gasteiger partial charge on any atom is -0.478 e. The first-order valence-electron chi connectivity index (χ1n) is 5.85. The molecule has 98 valence electrons. The Morgan fingerprint density at radius 1 is 1.11 bits per heavy atom. The summed E-state index contributed by atoms with van der Waals surface area (Å²) in [6.07, 6.45) is 0. The van der Waals surface area contributed by atoms with E-state index in [1.54, 1.807) is 0 Å². The normalized spacial score (nSPS) is 10.2. The molecule has 4 nitrogen and oxygen atoms in total. The maximum atomic E-state index is 11.1. The zero-order chi connectivity index (χ0) is 14.0. The summed E-state index contributed by atoms with van der Waals surface area (Å²) in [5.74, 6) is -0.169. The molecule has 0 unspecified atom stereocenters. The second-order valence-electron chi connectivity index (χ2n) is 4.43. The Labute approximate surface area is 111 Å². The standard InChI is InChI=1S/C15H15NO3/c1-9-3-6-13(10(2)7-9)19-14-8-11(16)4-5-12(14)15(17)18/h3-8H,16H2,1-2H3,(H,17,18). The van der Waals surface area contributed by atoms with Crippen LogP contribution in [0, 0.1) is 13.8 Å². The molecule has 2 rings (SSSR count). The summed E-state index contributed by atoms with van der Waals surface area (Å²) in [6.45, 7) is 3.90. The number of carbonyl (C=O) groups is 1. The molecule has 0 aliphatic heterocycles. The zero-order valence-electron chi connectivity index (χ0n) is 10.8. The molecule has 3 N–H and O–H groups in total. The predicted octanol–water partition coefficient (Wildman–Crippen LogP) is 3.38. The van der Waals surface area contributed by atoms with E-state index in [0.717, 1.165) is 11.1 Å². The van der Waals surface area contributed by atoms with Crippen molar-refractivity contribution < 1.29 is 14.6 Å². The van der Waals surface area contributed by atoms with Crippen molar-refractivity contribution in [2.24, 2.45) is 0 Å². The minimum absolute atomic E-state index is 0.0918. The summed E-state index contributed by atoms with van der Waals surface area (Å²) in [5.41, 5.74) is 8.29.